The lowest BCUT2D eigenvalue weighted by atomic mass is 10.1. The topological polar surface area (TPSA) is 66.4 Å². The van der Waals surface area contributed by atoms with Gasteiger partial charge >= 0.3 is 0 Å². The zero-order valence-electron chi connectivity index (χ0n) is 10.7. The van der Waals surface area contributed by atoms with Gasteiger partial charge in [-0.2, -0.15) is 0 Å². The monoisotopic (exact) mass is 269 g/mol. The van der Waals surface area contributed by atoms with Crippen LogP contribution < -0.4 is 4.72 Å². The minimum Gasteiger partial charge on any atom is -0.392 e. The minimum absolute atomic E-state index is 0.144. The van der Waals surface area contributed by atoms with Crippen molar-refractivity contribution in [3.8, 4) is 0 Å². The molecule has 0 aliphatic heterocycles. The molecule has 2 rings (SSSR count). The van der Waals surface area contributed by atoms with Crippen LogP contribution in [0.2, 0.25) is 0 Å². The molecule has 18 heavy (non-hydrogen) atoms. The van der Waals surface area contributed by atoms with E-state index in [0.717, 1.165) is 12.0 Å². The molecular formula is C13H19NO3S. The third kappa shape index (κ3) is 2.91. The lowest BCUT2D eigenvalue weighted by Gasteiger charge is -2.09. The summed E-state index contributed by atoms with van der Waals surface area (Å²) in [5.41, 5.74) is 1.55. The van der Waals surface area contributed by atoms with Gasteiger partial charge in [0.2, 0.25) is 10.0 Å². The van der Waals surface area contributed by atoms with Crippen molar-refractivity contribution >= 4 is 10.0 Å². The third-order valence-corrected chi connectivity index (χ3v) is 5.03. The van der Waals surface area contributed by atoms with E-state index in [2.05, 4.69) is 11.6 Å². The molecule has 2 N–H and O–H groups in total. The quantitative estimate of drug-likeness (QED) is 0.849. The predicted molar refractivity (Wildman–Crippen MR) is 69.6 cm³/mol. The molecule has 1 aromatic rings. The van der Waals surface area contributed by atoms with Gasteiger partial charge < -0.3 is 5.11 Å². The van der Waals surface area contributed by atoms with Crippen LogP contribution in [0.1, 0.15) is 24.5 Å². The van der Waals surface area contributed by atoms with E-state index in [1.165, 1.54) is 6.07 Å². The summed E-state index contributed by atoms with van der Waals surface area (Å²) in [6.07, 6.45) is 1.10. The maximum atomic E-state index is 12.1. The molecule has 2 unspecified atom stereocenters. The Bertz CT molecular complexity index is 539. The Morgan fingerprint density at radius 3 is 2.67 bits per heavy atom. The average molecular weight is 269 g/mol. The van der Waals surface area contributed by atoms with Crippen molar-refractivity contribution in [2.75, 3.05) is 6.54 Å². The number of nitrogens with one attached hydrogen (secondary N) is 1. The fourth-order valence-electron chi connectivity index (χ4n) is 1.97. The van der Waals surface area contributed by atoms with Gasteiger partial charge in [0.05, 0.1) is 11.5 Å². The Kier molecular flexibility index (Phi) is 3.75. The van der Waals surface area contributed by atoms with Gasteiger partial charge in [-0.3, -0.25) is 0 Å². The second-order valence-electron chi connectivity index (χ2n) is 5.07. The summed E-state index contributed by atoms with van der Waals surface area (Å²) >= 11 is 0. The molecule has 0 heterocycles. The van der Waals surface area contributed by atoms with Crippen LogP contribution in [0.25, 0.3) is 0 Å². The van der Waals surface area contributed by atoms with Crippen molar-refractivity contribution in [2.45, 2.75) is 31.8 Å². The molecule has 1 aromatic carbocycles. The molecule has 100 valence electrons. The fraction of sp³-hybridized carbons (Fsp3) is 0.538. The molecule has 0 spiro atoms. The Balaban J connectivity index is 2.13. The zero-order chi connectivity index (χ0) is 13.3. The Morgan fingerprint density at radius 1 is 1.44 bits per heavy atom. The zero-order valence-corrected chi connectivity index (χ0v) is 11.5. The van der Waals surface area contributed by atoms with Crippen molar-refractivity contribution in [3.05, 3.63) is 29.3 Å². The standard InChI is InChI=1S/C13H19NO3S/c1-9-3-4-13(6-12(9)8-15)18(16,17)14-7-11-5-10(11)2/h3-4,6,10-11,14-15H,5,7-8H2,1-2H3. The van der Waals surface area contributed by atoms with Gasteiger partial charge in [-0.05, 0) is 48.4 Å². The van der Waals surface area contributed by atoms with Crippen molar-refractivity contribution in [1.82, 2.24) is 4.72 Å². The molecule has 0 bridgehead atoms. The highest BCUT2D eigenvalue weighted by atomic mass is 32.2. The van der Waals surface area contributed by atoms with Crippen LogP contribution >= 0.6 is 0 Å². The number of sulfonamides is 1. The van der Waals surface area contributed by atoms with Gasteiger partial charge in [-0.1, -0.05) is 13.0 Å². The summed E-state index contributed by atoms with van der Waals surface area (Å²) in [6.45, 7) is 4.33. The number of aliphatic hydroxyl groups is 1. The summed E-state index contributed by atoms with van der Waals surface area (Å²) in [7, 11) is -3.45. The van der Waals surface area contributed by atoms with Crippen LogP contribution in [0.3, 0.4) is 0 Å². The minimum atomic E-state index is -3.45. The molecular weight excluding hydrogens is 250 g/mol. The van der Waals surface area contributed by atoms with E-state index >= 15 is 0 Å². The first-order valence-corrected chi connectivity index (χ1v) is 7.62. The fourth-order valence-corrected chi connectivity index (χ4v) is 3.11. The second kappa shape index (κ2) is 4.99. The lowest BCUT2D eigenvalue weighted by molar-refractivity contribution is 0.280. The van der Waals surface area contributed by atoms with Crippen LogP contribution in [0.15, 0.2) is 23.1 Å². The largest absolute Gasteiger partial charge is 0.392 e. The molecule has 4 nitrogen and oxygen atoms in total. The van der Waals surface area contributed by atoms with E-state index in [9.17, 15) is 8.42 Å². The molecule has 1 saturated carbocycles. The molecule has 5 heteroatoms. The first-order valence-electron chi connectivity index (χ1n) is 6.14. The van der Waals surface area contributed by atoms with Crippen molar-refractivity contribution in [2.24, 2.45) is 11.8 Å². The van der Waals surface area contributed by atoms with Crippen molar-refractivity contribution in [3.63, 3.8) is 0 Å². The molecule has 0 radical (unpaired) electrons. The Morgan fingerprint density at radius 2 is 2.11 bits per heavy atom. The molecule has 0 saturated heterocycles. The highest BCUT2D eigenvalue weighted by Gasteiger charge is 2.33. The molecule has 0 aromatic heterocycles. The maximum Gasteiger partial charge on any atom is 0.240 e. The van der Waals surface area contributed by atoms with E-state index in [4.69, 9.17) is 5.11 Å². The molecule has 1 aliphatic rings. The normalized spacial score (nSPS) is 23.1. The first-order chi connectivity index (χ1) is 8.44. The van der Waals surface area contributed by atoms with Crippen LogP contribution in [-0.4, -0.2) is 20.1 Å². The first kappa shape index (κ1) is 13.5. The third-order valence-electron chi connectivity index (χ3n) is 3.61. The summed E-state index contributed by atoms with van der Waals surface area (Å²) in [4.78, 5) is 0.227. The van der Waals surface area contributed by atoms with Crippen LogP contribution in [0, 0.1) is 18.8 Å². The van der Waals surface area contributed by atoms with Crippen molar-refractivity contribution in [1.29, 1.82) is 0 Å². The van der Waals surface area contributed by atoms with Gasteiger partial charge in [0.1, 0.15) is 0 Å². The van der Waals surface area contributed by atoms with Gasteiger partial charge in [0, 0.05) is 6.54 Å². The number of rotatable bonds is 5. The van der Waals surface area contributed by atoms with Gasteiger partial charge in [0.25, 0.3) is 0 Å². The van der Waals surface area contributed by atoms with Crippen LogP contribution in [0.5, 0.6) is 0 Å². The summed E-state index contributed by atoms with van der Waals surface area (Å²) < 4.78 is 26.7. The van der Waals surface area contributed by atoms with E-state index < -0.39 is 10.0 Å². The number of aliphatic hydroxyl groups excluding tert-OH is 1. The number of aryl methyl sites for hydroxylation is 1. The summed E-state index contributed by atoms with van der Waals surface area (Å²) in [5, 5.41) is 9.16. The van der Waals surface area contributed by atoms with Gasteiger partial charge in [-0.25, -0.2) is 13.1 Å². The molecule has 0 amide bonds. The maximum absolute atomic E-state index is 12.1. The smallest absolute Gasteiger partial charge is 0.240 e. The molecule has 2 atom stereocenters. The van der Waals surface area contributed by atoms with E-state index in [1.54, 1.807) is 12.1 Å². The van der Waals surface area contributed by atoms with Gasteiger partial charge in [-0.15, -0.1) is 0 Å². The molecule has 1 aliphatic carbocycles. The van der Waals surface area contributed by atoms with Crippen LogP contribution in [-0.2, 0) is 16.6 Å². The number of hydrogen-bond donors (Lipinski definition) is 2. The van der Waals surface area contributed by atoms with E-state index in [1.807, 2.05) is 6.92 Å². The van der Waals surface area contributed by atoms with Crippen LogP contribution in [0.4, 0.5) is 0 Å². The highest BCUT2D eigenvalue weighted by Crippen LogP contribution is 2.37. The predicted octanol–water partition coefficient (Wildman–Crippen LogP) is 1.42. The van der Waals surface area contributed by atoms with Crippen molar-refractivity contribution < 1.29 is 13.5 Å². The van der Waals surface area contributed by atoms with Gasteiger partial charge in [0.15, 0.2) is 0 Å². The lowest BCUT2D eigenvalue weighted by Crippen LogP contribution is -2.26. The van der Waals surface area contributed by atoms with E-state index in [0.29, 0.717) is 23.9 Å². The SMILES string of the molecule is Cc1ccc(S(=O)(=O)NCC2CC2C)cc1CO. The molecule has 1 fully saturated rings. The number of benzene rings is 1. The van der Waals surface area contributed by atoms with E-state index in [-0.39, 0.29) is 11.5 Å². The summed E-state index contributed by atoms with van der Waals surface area (Å²) in [5.74, 6) is 1.10. The highest BCUT2D eigenvalue weighted by molar-refractivity contribution is 7.89. The Hall–Kier alpha value is -0.910. The second-order valence-corrected chi connectivity index (χ2v) is 6.84. The number of hydrogen-bond acceptors (Lipinski definition) is 3. The average Bonchev–Trinajstić information content (AvgIpc) is 3.03. The summed E-state index contributed by atoms with van der Waals surface area (Å²) in [6, 6.07) is 4.83. The Labute approximate surface area is 108 Å².